The molecule has 2 aliphatic rings. The van der Waals surface area contributed by atoms with Crippen molar-refractivity contribution in [3.8, 4) is 11.5 Å². The van der Waals surface area contributed by atoms with Crippen molar-refractivity contribution in [2.45, 2.75) is 12.5 Å². The lowest BCUT2D eigenvalue weighted by molar-refractivity contribution is -0.125. The molecule has 0 aromatic heterocycles. The Labute approximate surface area is 180 Å². The van der Waals surface area contributed by atoms with Crippen molar-refractivity contribution in [3.05, 3.63) is 70.7 Å². The van der Waals surface area contributed by atoms with E-state index in [9.17, 15) is 14.0 Å². The third-order valence-corrected chi connectivity index (χ3v) is 5.76. The summed E-state index contributed by atoms with van der Waals surface area (Å²) >= 11 is 0. The number of ether oxygens (including phenoxy) is 2. The van der Waals surface area contributed by atoms with E-state index in [0.29, 0.717) is 47.8 Å². The molecule has 0 fully saturated rings. The number of urea groups is 1. The molecule has 4 rings (SSSR count). The Morgan fingerprint density at radius 3 is 2.45 bits per heavy atom. The van der Waals surface area contributed by atoms with Crippen LogP contribution >= 0.6 is 0 Å². The molecule has 2 aliphatic heterocycles. The molecule has 3 amide bonds. The van der Waals surface area contributed by atoms with Gasteiger partial charge in [0.2, 0.25) is 0 Å². The van der Waals surface area contributed by atoms with Crippen molar-refractivity contribution in [1.29, 1.82) is 0 Å². The van der Waals surface area contributed by atoms with E-state index in [0.717, 1.165) is 5.56 Å². The molecule has 7 nitrogen and oxygen atoms in total. The van der Waals surface area contributed by atoms with Gasteiger partial charge in [0.05, 0.1) is 38.1 Å². The molecule has 0 spiro atoms. The first-order chi connectivity index (χ1) is 14.9. The Morgan fingerprint density at radius 2 is 1.77 bits per heavy atom. The predicted molar refractivity (Wildman–Crippen MR) is 112 cm³/mol. The van der Waals surface area contributed by atoms with Crippen molar-refractivity contribution in [3.63, 3.8) is 0 Å². The number of benzene rings is 2. The number of likely N-dealkylation sites (N-methyl/N-ethyl adjacent to an activating group) is 1. The Morgan fingerprint density at radius 1 is 1.06 bits per heavy atom. The average Bonchev–Trinajstić information content (AvgIpc) is 3.11. The van der Waals surface area contributed by atoms with Crippen molar-refractivity contribution in [2.75, 3.05) is 34.4 Å². The first-order valence-electron chi connectivity index (χ1n) is 9.95. The van der Waals surface area contributed by atoms with Gasteiger partial charge in [-0.1, -0.05) is 18.2 Å². The number of halogens is 1. The monoisotopic (exact) mass is 425 g/mol. The maximum atomic E-state index is 13.4. The van der Waals surface area contributed by atoms with E-state index in [4.69, 9.17) is 9.47 Å². The van der Waals surface area contributed by atoms with Crippen LogP contribution in [-0.4, -0.2) is 56.1 Å². The average molecular weight is 425 g/mol. The van der Waals surface area contributed by atoms with Gasteiger partial charge in [0.1, 0.15) is 5.82 Å². The zero-order chi connectivity index (χ0) is 22.1. The van der Waals surface area contributed by atoms with Crippen molar-refractivity contribution in [1.82, 2.24) is 15.1 Å². The minimum absolute atomic E-state index is 0.128. The first-order valence-corrected chi connectivity index (χ1v) is 9.95. The third kappa shape index (κ3) is 3.81. The van der Waals surface area contributed by atoms with Crippen LogP contribution in [0.15, 0.2) is 53.7 Å². The number of carbonyl (C=O) groups is 2. The van der Waals surface area contributed by atoms with E-state index in [2.05, 4.69) is 5.32 Å². The van der Waals surface area contributed by atoms with Crippen LogP contribution in [0.2, 0.25) is 0 Å². The van der Waals surface area contributed by atoms with Gasteiger partial charge in [0, 0.05) is 13.6 Å². The molecule has 0 radical (unpaired) electrons. The van der Waals surface area contributed by atoms with E-state index in [1.54, 1.807) is 38.3 Å². The molecule has 0 saturated heterocycles. The second-order valence-corrected chi connectivity index (χ2v) is 7.52. The highest BCUT2D eigenvalue weighted by molar-refractivity contribution is 6.01. The number of amides is 3. The van der Waals surface area contributed by atoms with Gasteiger partial charge in [-0.3, -0.25) is 9.69 Å². The van der Waals surface area contributed by atoms with E-state index in [1.807, 2.05) is 18.2 Å². The quantitative estimate of drug-likeness (QED) is 0.773. The summed E-state index contributed by atoms with van der Waals surface area (Å²) in [6, 6.07) is 10.6. The Hall–Kier alpha value is -3.55. The smallest absolute Gasteiger partial charge is 0.322 e. The zero-order valence-corrected chi connectivity index (χ0v) is 17.6. The fourth-order valence-electron chi connectivity index (χ4n) is 4.01. The normalized spacial score (nSPS) is 18.3. The fourth-order valence-corrected chi connectivity index (χ4v) is 4.01. The van der Waals surface area contributed by atoms with Crippen LogP contribution in [0.4, 0.5) is 9.18 Å². The largest absolute Gasteiger partial charge is 0.493 e. The molecule has 0 unspecified atom stereocenters. The number of hydrogen-bond donors (Lipinski definition) is 1. The van der Waals surface area contributed by atoms with Crippen molar-refractivity contribution in [2.24, 2.45) is 0 Å². The molecule has 0 aliphatic carbocycles. The van der Waals surface area contributed by atoms with E-state index in [1.165, 1.54) is 17.0 Å². The van der Waals surface area contributed by atoms with E-state index >= 15 is 0 Å². The summed E-state index contributed by atoms with van der Waals surface area (Å²) < 4.78 is 24.0. The fraction of sp³-hybridized carbons (Fsp3) is 0.304. The Kier molecular flexibility index (Phi) is 5.54. The standard InChI is InChI=1S/C23H24FN3O4/c1-26-17-13-27(11-10-14-4-9-18(30-2)19(12-14)31-3)22(28)20(17)21(25-23(26)29)15-5-7-16(24)8-6-15/h4-9,12,21H,10-11,13H2,1-3H3,(H,25,29)/t21-/m0/s1. The zero-order valence-electron chi connectivity index (χ0n) is 17.6. The SMILES string of the molecule is COc1ccc(CCN2CC3=C(C2=O)[C@H](c2ccc(F)cc2)NC(=O)N3C)cc1OC. The van der Waals surface area contributed by atoms with Crippen molar-refractivity contribution >= 4 is 11.9 Å². The molecule has 1 N–H and O–H groups in total. The summed E-state index contributed by atoms with van der Waals surface area (Å²) in [5.74, 6) is 0.785. The molecule has 0 bridgehead atoms. The Bertz CT molecular complexity index is 1050. The number of nitrogens with zero attached hydrogens (tertiary/aromatic N) is 2. The number of hydrogen-bond acceptors (Lipinski definition) is 4. The van der Waals surface area contributed by atoms with Gasteiger partial charge >= 0.3 is 6.03 Å². The minimum atomic E-state index is -0.599. The van der Waals surface area contributed by atoms with Gasteiger partial charge in [-0.05, 0) is 41.8 Å². The van der Waals surface area contributed by atoms with Gasteiger partial charge in [0.15, 0.2) is 11.5 Å². The lowest BCUT2D eigenvalue weighted by Gasteiger charge is -2.31. The van der Waals surface area contributed by atoms with Gasteiger partial charge in [-0.25, -0.2) is 9.18 Å². The number of carbonyl (C=O) groups excluding carboxylic acids is 2. The molecular formula is C23H24FN3O4. The maximum absolute atomic E-state index is 13.4. The van der Waals surface area contributed by atoms with Crippen LogP contribution in [0.1, 0.15) is 17.2 Å². The predicted octanol–water partition coefficient (Wildman–Crippen LogP) is 2.88. The van der Waals surface area contributed by atoms with Crippen LogP contribution in [0.3, 0.4) is 0 Å². The van der Waals surface area contributed by atoms with Gasteiger partial charge in [0.25, 0.3) is 5.91 Å². The molecule has 2 aromatic carbocycles. The van der Waals surface area contributed by atoms with Crippen LogP contribution in [0, 0.1) is 5.82 Å². The number of nitrogens with one attached hydrogen (secondary N) is 1. The van der Waals surface area contributed by atoms with Crippen LogP contribution < -0.4 is 14.8 Å². The molecule has 2 heterocycles. The lowest BCUT2D eigenvalue weighted by Crippen LogP contribution is -2.45. The highest BCUT2D eigenvalue weighted by atomic mass is 19.1. The van der Waals surface area contributed by atoms with Gasteiger partial charge in [-0.15, -0.1) is 0 Å². The molecule has 8 heteroatoms. The van der Waals surface area contributed by atoms with Gasteiger partial charge < -0.3 is 19.7 Å². The van der Waals surface area contributed by atoms with Gasteiger partial charge in [-0.2, -0.15) is 0 Å². The summed E-state index contributed by atoms with van der Waals surface area (Å²) in [6.07, 6.45) is 0.624. The summed E-state index contributed by atoms with van der Waals surface area (Å²) in [5.41, 5.74) is 2.88. The molecule has 162 valence electrons. The van der Waals surface area contributed by atoms with Crippen LogP contribution in [0.25, 0.3) is 0 Å². The third-order valence-electron chi connectivity index (χ3n) is 5.76. The topological polar surface area (TPSA) is 71.1 Å². The molecule has 31 heavy (non-hydrogen) atoms. The van der Waals surface area contributed by atoms with Crippen LogP contribution in [-0.2, 0) is 11.2 Å². The van der Waals surface area contributed by atoms with E-state index in [-0.39, 0.29) is 17.8 Å². The summed E-state index contributed by atoms with van der Waals surface area (Å²) in [5, 5.41) is 2.85. The Balaban J connectivity index is 1.54. The maximum Gasteiger partial charge on any atom is 0.322 e. The highest BCUT2D eigenvalue weighted by Crippen LogP contribution is 2.36. The van der Waals surface area contributed by atoms with Crippen molar-refractivity contribution < 1.29 is 23.5 Å². The second-order valence-electron chi connectivity index (χ2n) is 7.52. The number of methoxy groups -OCH3 is 2. The molecule has 0 saturated carbocycles. The lowest BCUT2D eigenvalue weighted by atomic mass is 9.96. The second kappa shape index (κ2) is 8.29. The minimum Gasteiger partial charge on any atom is -0.493 e. The summed E-state index contributed by atoms with van der Waals surface area (Å²) in [7, 11) is 4.82. The molecular weight excluding hydrogens is 401 g/mol. The first kappa shape index (κ1) is 20.7. The molecule has 1 atom stereocenters. The molecule has 2 aromatic rings. The number of rotatable bonds is 6. The summed E-state index contributed by atoms with van der Waals surface area (Å²) in [6.45, 7) is 0.836. The summed E-state index contributed by atoms with van der Waals surface area (Å²) in [4.78, 5) is 28.9. The van der Waals surface area contributed by atoms with Crippen LogP contribution in [0.5, 0.6) is 11.5 Å². The van der Waals surface area contributed by atoms with E-state index < -0.39 is 6.04 Å². The highest BCUT2D eigenvalue weighted by Gasteiger charge is 2.42.